The zero-order valence-corrected chi connectivity index (χ0v) is 21.8. The summed E-state index contributed by atoms with van der Waals surface area (Å²) < 4.78 is 51.1. The summed E-state index contributed by atoms with van der Waals surface area (Å²) in [7, 11) is 1.10. The van der Waals surface area contributed by atoms with Gasteiger partial charge in [-0.25, -0.2) is 19.7 Å². The van der Waals surface area contributed by atoms with Crippen LogP contribution in [0.2, 0.25) is 5.02 Å². The number of amides is 2. The summed E-state index contributed by atoms with van der Waals surface area (Å²) >= 11 is 6.51. The Balaban J connectivity index is 1.48. The number of hydrogen-bond donors (Lipinski definition) is 3. The highest BCUT2D eigenvalue weighted by atomic mass is 35.5. The lowest BCUT2D eigenvalue weighted by molar-refractivity contribution is -0.139. The minimum atomic E-state index is -4.73. The maximum atomic E-state index is 13.6. The molecule has 2 amide bonds. The molecule has 5 rings (SSSR count). The highest BCUT2D eigenvalue weighted by molar-refractivity contribution is 6.33. The van der Waals surface area contributed by atoms with E-state index in [9.17, 15) is 23.1 Å². The van der Waals surface area contributed by atoms with Gasteiger partial charge in [-0.3, -0.25) is 4.90 Å². The van der Waals surface area contributed by atoms with E-state index in [1.807, 2.05) is 4.90 Å². The van der Waals surface area contributed by atoms with E-state index in [4.69, 9.17) is 26.2 Å². The summed E-state index contributed by atoms with van der Waals surface area (Å²) in [5.74, 6) is -0.218. The molecule has 5 heterocycles. The molecule has 0 aliphatic carbocycles. The number of ether oxygens (including phenoxy) is 2. The summed E-state index contributed by atoms with van der Waals surface area (Å²) in [5, 5.41) is 21.3. The molecule has 0 unspecified atom stereocenters. The van der Waals surface area contributed by atoms with Crippen LogP contribution in [0.4, 0.5) is 35.2 Å². The molecule has 15 heteroatoms. The molecule has 0 spiro atoms. The lowest BCUT2D eigenvalue weighted by Gasteiger charge is -2.36. The topological polar surface area (TPSA) is 133 Å². The van der Waals surface area contributed by atoms with Gasteiger partial charge >= 0.3 is 12.2 Å². The van der Waals surface area contributed by atoms with Gasteiger partial charge in [0.1, 0.15) is 18.3 Å². The molecule has 2 atom stereocenters. The number of carbonyl (C=O) groups excluding carboxylic acids is 1. The molecular formula is C25H24ClF3N6O5. The Morgan fingerprint density at radius 3 is 2.83 bits per heavy atom. The Morgan fingerprint density at radius 2 is 2.10 bits per heavy atom. The first-order valence-electron chi connectivity index (χ1n) is 12.1. The van der Waals surface area contributed by atoms with Crippen LogP contribution in [0, 0.1) is 0 Å². The molecule has 0 saturated carbocycles. The molecule has 0 radical (unpaired) electrons. The number of nitrogens with one attached hydrogen (secondary N) is 1. The number of hydrogen-bond acceptors (Lipinski definition) is 9. The summed E-state index contributed by atoms with van der Waals surface area (Å²) in [6.07, 6.45) is -2.58. The molecular weight excluding hydrogens is 557 g/mol. The molecule has 2 aliphatic rings. The normalized spacial score (nSPS) is 16.9. The number of anilines is 3. The van der Waals surface area contributed by atoms with Crippen molar-refractivity contribution in [2.24, 2.45) is 0 Å². The monoisotopic (exact) mass is 580 g/mol. The predicted octanol–water partition coefficient (Wildman–Crippen LogP) is 3.58. The quantitative estimate of drug-likeness (QED) is 0.383. The number of carbonyl (C=O) groups is 1. The number of nitrogens with zero attached hydrogens (tertiary/aromatic N) is 5. The fraction of sp³-hybridized carbons (Fsp3) is 0.360. The smallest absolute Gasteiger partial charge is 0.421 e. The number of halogens is 4. The zero-order chi connectivity index (χ0) is 28.6. The zero-order valence-electron chi connectivity index (χ0n) is 21.0. The summed E-state index contributed by atoms with van der Waals surface area (Å²) in [4.78, 5) is 29.4. The first-order valence-corrected chi connectivity index (χ1v) is 12.5. The molecule has 1 fully saturated rings. The average Bonchev–Trinajstić information content (AvgIpc) is 3.35. The van der Waals surface area contributed by atoms with E-state index >= 15 is 0 Å². The molecule has 2 aliphatic heterocycles. The lowest BCUT2D eigenvalue weighted by Crippen LogP contribution is -2.48. The van der Waals surface area contributed by atoms with Crippen molar-refractivity contribution in [2.75, 3.05) is 48.5 Å². The van der Waals surface area contributed by atoms with Gasteiger partial charge in [0.25, 0.3) is 0 Å². The maximum absolute atomic E-state index is 13.6. The number of aliphatic hydroxyl groups excluding tert-OH is 2. The van der Waals surface area contributed by atoms with Gasteiger partial charge in [-0.1, -0.05) is 11.6 Å². The van der Waals surface area contributed by atoms with Gasteiger partial charge in [0.05, 0.1) is 36.2 Å². The molecule has 3 aromatic rings. The molecule has 0 aromatic carbocycles. The van der Waals surface area contributed by atoms with Gasteiger partial charge in [0.15, 0.2) is 5.82 Å². The first kappa shape index (κ1) is 27.7. The number of pyridine rings is 3. The molecule has 40 heavy (non-hydrogen) atoms. The minimum Gasteiger partial charge on any atom is -0.481 e. The fourth-order valence-corrected chi connectivity index (χ4v) is 4.87. The number of alkyl halides is 3. The van der Waals surface area contributed by atoms with Crippen LogP contribution in [-0.4, -0.2) is 76.8 Å². The van der Waals surface area contributed by atoms with Crippen LogP contribution >= 0.6 is 11.6 Å². The first-order chi connectivity index (χ1) is 19.1. The molecule has 2 bridgehead atoms. The Hall–Kier alpha value is -3.88. The fourth-order valence-electron chi connectivity index (χ4n) is 4.62. The number of aliphatic hydroxyl groups is 2. The molecule has 1 saturated heterocycles. The van der Waals surface area contributed by atoms with E-state index in [0.29, 0.717) is 30.9 Å². The highest BCUT2D eigenvalue weighted by Gasteiger charge is 2.41. The van der Waals surface area contributed by atoms with E-state index in [2.05, 4.69) is 20.3 Å². The highest BCUT2D eigenvalue weighted by Crippen LogP contribution is 2.44. The van der Waals surface area contributed by atoms with E-state index in [1.165, 1.54) is 23.4 Å². The van der Waals surface area contributed by atoms with Crippen molar-refractivity contribution in [3.8, 4) is 23.0 Å². The van der Waals surface area contributed by atoms with Gasteiger partial charge in [0, 0.05) is 42.8 Å². The molecule has 11 nitrogen and oxygen atoms in total. The summed E-state index contributed by atoms with van der Waals surface area (Å²) in [6, 6.07) is 4.68. The number of fused-ring (bicyclic) bond motifs is 4. The van der Waals surface area contributed by atoms with Crippen molar-refractivity contribution < 1.29 is 37.7 Å². The average molecular weight is 581 g/mol. The Morgan fingerprint density at radius 1 is 1.30 bits per heavy atom. The summed E-state index contributed by atoms with van der Waals surface area (Å²) in [6.45, 7) is 0.500. The van der Waals surface area contributed by atoms with Crippen molar-refractivity contribution in [1.82, 2.24) is 15.0 Å². The maximum Gasteiger partial charge on any atom is 0.421 e. The third-order valence-corrected chi connectivity index (χ3v) is 6.78. The van der Waals surface area contributed by atoms with E-state index < -0.39 is 36.4 Å². The van der Waals surface area contributed by atoms with Crippen molar-refractivity contribution >= 4 is 34.8 Å². The van der Waals surface area contributed by atoms with E-state index in [-0.39, 0.29) is 40.6 Å². The molecule has 3 aromatic heterocycles. The molecule has 3 N–H and O–H groups in total. The molecule has 212 valence electrons. The second kappa shape index (κ2) is 10.9. The number of urea groups is 1. The van der Waals surface area contributed by atoms with Gasteiger partial charge in [-0.2, -0.15) is 13.2 Å². The summed E-state index contributed by atoms with van der Waals surface area (Å²) in [5.41, 5.74) is -0.118. The van der Waals surface area contributed by atoms with Gasteiger partial charge < -0.3 is 29.9 Å². The Labute approximate surface area is 231 Å². The van der Waals surface area contributed by atoms with Gasteiger partial charge in [-0.05, 0) is 24.6 Å². The van der Waals surface area contributed by atoms with Crippen LogP contribution in [0.25, 0.3) is 11.3 Å². The van der Waals surface area contributed by atoms with E-state index in [0.717, 1.165) is 13.2 Å². The Bertz CT molecular complexity index is 1430. The van der Waals surface area contributed by atoms with Crippen LogP contribution in [0.15, 0.2) is 36.7 Å². The SMILES string of the molecule is COc1ncc(-c2nc3c(cc2Cl)N2CC[C@@H](C2)N3C(=O)Nc2ccnc(OC[C@@H](O)CO)c2)cc1C(F)(F)F. The van der Waals surface area contributed by atoms with E-state index in [1.54, 1.807) is 12.1 Å². The third-order valence-electron chi connectivity index (χ3n) is 6.50. The van der Waals surface area contributed by atoms with Crippen molar-refractivity contribution in [3.63, 3.8) is 0 Å². The number of aromatic nitrogens is 3. The number of rotatable bonds is 7. The van der Waals surface area contributed by atoms with Crippen molar-refractivity contribution in [2.45, 2.75) is 24.7 Å². The lowest BCUT2D eigenvalue weighted by atomic mass is 10.1. The Kier molecular flexibility index (Phi) is 7.57. The van der Waals surface area contributed by atoms with Crippen LogP contribution < -0.4 is 24.6 Å². The predicted molar refractivity (Wildman–Crippen MR) is 139 cm³/mol. The van der Waals surface area contributed by atoms with Crippen molar-refractivity contribution in [3.05, 3.63) is 47.2 Å². The van der Waals surface area contributed by atoms with Crippen LogP contribution in [-0.2, 0) is 6.18 Å². The van der Waals surface area contributed by atoms with Gasteiger partial charge in [0.2, 0.25) is 11.8 Å². The minimum absolute atomic E-state index is 0.00944. The third kappa shape index (κ3) is 5.42. The van der Waals surface area contributed by atoms with Crippen LogP contribution in [0.1, 0.15) is 12.0 Å². The van der Waals surface area contributed by atoms with Crippen LogP contribution in [0.3, 0.4) is 0 Å². The second-order valence-electron chi connectivity index (χ2n) is 9.16. The van der Waals surface area contributed by atoms with Crippen LogP contribution in [0.5, 0.6) is 11.8 Å². The van der Waals surface area contributed by atoms with Gasteiger partial charge in [-0.15, -0.1) is 0 Å². The largest absolute Gasteiger partial charge is 0.481 e. The number of methoxy groups -OCH3 is 1. The second-order valence-corrected chi connectivity index (χ2v) is 9.57. The standard InChI is InChI=1S/C25H24ClF3N6O5/c1-39-23-17(25(27,28)29)6-13(9-31-23)21-18(26)8-19-22(33-21)35(15-3-5-34(19)10-15)24(38)32-14-2-4-30-20(7-14)40-12-16(37)11-36/h2,4,6-9,15-16,36-37H,3,5,10-12H2,1H3,(H,30,32,38)/t15-,16-/m0/s1. The van der Waals surface area contributed by atoms with Crippen molar-refractivity contribution in [1.29, 1.82) is 0 Å².